The zero-order chi connectivity index (χ0) is 18.1. The van der Waals surface area contributed by atoms with Gasteiger partial charge in [-0.15, -0.1) is 0 Å². The van der Waals surface area contributed by atoms with Gasteiger partial charge in [-0.1, -0.05) is 48.5 Å². The molecule has 128 valence electrons. The van der Waals surface area contributed by atoms with E-state index in [9.17, 15) is 9.59 Å². The molecule has 0 spiro atoms. The molecule has 1 aliphatic heterocycles. The van der Waals surface area contributed by atoms with Crippen LogP contribution < -0.4 is 10.6 Å². The van der Waals surface area contributed by atoms with Crippen molar-refractivity contribution in [1.82, 2.24) is 15.2 Å². The maximum atomic E-state index is 11.9. The van der Waals surface area contributed by atoms with E-state index < -0.39 is 11.9 Å². The topological polar surface area (TPSA) is 63.1 Å². The Morgan fingerprint density at radius 2 is 1.54 bits per heavy atom. The molecular formula is C21H17N3O2. The van der Waals surface area contributed by atoms with Crippen LogP contribution in [0.15, 0.2) is 72.4 Å². The molecule has 5 nitrogen and oxygen atoms in total. The van der Waals surface area contributed by atoms with E-state index in [4.69, 9.17) is 0 Å². The van der Waals surface area contributed by atoms with Crippen molar-refractivity contribution in [1.29, 1.82) is 0 Å². The summed E-state index contributed by atoms with van der Waals surface area (Å²) in [6.07, 6.45) is 1.71. The quantitative estimate of drug-likeness (QED) is 0.563. The zero-order valence-corrected chi connectivity index (χ0v) is 14.2. The molecule has 4 rings (SSSR count). The smallest absolute Gasteiger partial charge is 0.313 e. The van der Waals surface area contributed by atoms with E-state index in [1.807, 2.05) is 61.5 Å². The van der Waals surface area contributed by atoms with Crippen molar-refractivity contribution in [2.45, 2.75) is 6.92 Å². The fourth-order valence-corrected chi connectivity index (χ4v) is 3.14. The van der Waals surface area contributed by atoms with Gasteiger partial charge in [-0.3, -0.25) is 10.1 Å². The van der Waals surface area contributed by atoms with E-state index >= 15 is 0 Å². The number of carbonyl (C=O) groups is 2. The molecule has 2 N–H and O–H groups in total. The molecule has 3 amide bonds. The van der Waals surface area contributed by atoms with E-state index in [0.29, 0.717) is 0 Å². The first-order valence-electron chi connectivity index (χ1n) is 8.31. The van der Waals surface area contributed by atoms with Crippen LogP contribution in [-0.2, 0) is 4.79 Å². The molecule has 2 heterocycles. The lowest BCUT2D eigenvalue weighted by atomic mass is 10.1. The average molecular weight is 343 g/mol. The lowest BCUT2D eigenvalue weighted by molar-refractivity contribution is -0.115. The highest BCUT2D eigenvalue weighted by Gasteiger charge is 2.24. The summed E-state index contributed by atoms with van der Waals surface area (Å²) in [5.74, 6) is -0.414. The number of imide groups is 1. The lowest BCUT2D eigenvalue weighted by Gasteiger charge is -2.12. The summed E-state index contributed by atoms with van der Waals surface area (Å²) in [6, 6.07) is 21.7. The number of urea groups is 1. The Labute approximate surface area is 151 Å². The standard InChI is InChI=1S/C21H17N3O2/c1-14-16(12-18-20(25)23-21(26)22-18)13-19(15-8-4-2-5-9-15)24(14)17-10-6-3-7-11-17/h2-13H,1H3,(H2,22,23,25,26)/b18-12-. The van der Waals surface area contributed by atoms with Gasteiger partial charge in [0.05, 0.1) is 5.69 Å². The number of amides is 3. The number of benzene rings is 2. The van der Waals surface area contributed by atoms with Gasteiger partial charge >= 0.3 is 6.03 Å². The minimum Gasteiger partial charge on any atom is -0.313 e. The molecule has 0 aliphatic carbocycles. The van der Waals surface area contributed by atoms with Crippen LogP contribution in [-0.4, -0.2) is 16.5 Å². The first-order valence-corrected chi connectivity index (χ1v) is 8.31. The van der Waals surface area contributed by atoms with Gasteiger partial charge in [-0.05, 0) is 42.3 Å². The molecule has 0 unspecified atom stereocenters. The van der Waals surface area contributed by atoms with Crippen LogP contribution in [0.5, 0.6) is 0 Å². The van der Waals surface area contributed by atoms with Crippen molar-refractivity contribution >= 4 is 18.0 Å². The molecule has 0 bridgehead atoms. The Kier molecular flexibility index (Phi) is 3.89. The Hall–Kier alpha value is -3.60. The number of hydrogen-bond donors (Lipinski definition) is 2. The Balaban J connectivity index is 1.90. The zero-order valence-electron chi connectivity index (χ0n) is 14.2. The second kappa shape index (κ2) is 6.37. The average Bonchev–Trinajstić information content (AvgIpc) is 3.15. The van der Waals surface area contributed by atoms with Crippen molar-refractivity contribution in [3.8, 4) is 16.9 Å². The van der Waals surface area contributed by atoms with Crippen LogP contribution in [0.4, 0.5) is 4.79 Å². The molecule has 2 aromatic carbocycles. The monoisotopic (exact) mass is 343 g/mol. The fourth-order valence-electron chi connectivity index (χ4n) is 3.14. The van der Waals surface area contributed by atoms with Crippen molar-refractivity contribution in [3.05, 3.63) is 83.7 Å². The number of nitrogens with one attached hydrogen (secondary N) is 2. The van der Waals surface area contributed by atoms with Crippen LogP contribution >= 0.6 is 0 Å². The van der Waals surface area contributed by atoms with Crippen LogP contribution in [0, 0.1) is 6.92 Å². The Bertz CT molecular complexity index is 1020. The largest absolute Gasteiger partial charge is 0.326 e. The minimum absolute atomic E-state index is 0.253. The fraction of sp³-hybridized carbons (Fsp3) is 0.0476. The molecule has 0 atom stereocenters. The van der Waals surface area contributed by atoms with E-state index in [1.165, 1.54) is 0 Å². The summed E-state index contributed by atoms with van der Waals surface area (Å²) < 4.78 is 2.15. The maximum Gasteiger partial charge on any atom is 0.326 e. The predicted molar refractivity (Wildman–Crippen MR) is 101 cm³/mol. The summed E-state index contributed by atoms with van der Waals surface area (Å²) in [5, 5.41) is 4.77. The highest BCUT2D eigenvalue weighted by atomic mass is 16.2. The first-order chi connectivity index (χ1) is 12.6. The molecule has 5 heteroatoms. The number of aromatic nitrogens is 1. The summed E-state index contributed by atoms with van der Waals surface area (Å²) in [6.45, 7) is 2.00. The molecule has 1 aromatic heterocycles. The molecule has 26 heavy (non-hydrogen) atoms. The molecule has 1 aliphatic rings. The van der Waals surface area contributed by atoms with Crippen LogP contribution in [0.25, 0.3) is 23.0 Å². The second-order valence-corrected chi connectivity index (χ2v) is 6.07. The Morgan fingerprint density at radius 3 is 2.15 bits per heavy atom. The van der Waals surface area contributed by atoms with Crippen molar-refractivity contribution in [2.24, 2.45) is 0 Å². The third kappa shape index (κ3) is 2.80. The molecule has 0 radical (unpaired) electrons. The van der Waals surface area contributed by atoms with E-state index in [0.717, 1.165) is 28.2 Å². The predicted octanol–water partition coefficient (Wildman–Crippen LogP) is 3.63. The number of hydrogen-bond acceptors (Lipinski definition) is 2. The van der Waals surface area contributed by atoms with Crippen LogP contribution in [0.3, 0.4) is 0 Å². The minimum atomic E-state index is -0.496. The molecule has 1 fully saturated rings. The summed E-state index contributed by atoms with van der Waals surface area (Å²) in [4.78, 5) is 23.2. The third-order valence-corrected chi connectivity index (χ3v) is 4.39. The van der Waals surface area contributed by atoms with Crippen molar-refractivity contribution in [3.63, 3.8) is 0 Å². The Morgan fingerprint density at radius 1 is 0.885 bits per heavy atom. The van der Waals surface area contributed by atoms with Crippen LogP contribution in [0.2, 0.25) is 0 Å². The highest BCUT2D eigenvalue weighted by Crippen LogP contribution is 2.30. The summed E-state index contributed by atoms with van der Waals surface area (Å²) >= 11 is 0. The van der Waals surface area contributed by atoms with Gasteiger partial charge in [0.25, 0.3) is 5.91 Å². The van der Waals surface area contributed by atoms with Gasteiger partial charge in [-0.25, -0.2) is 4.79 Å². The van der Waals surface area contributed by atoms with Gasteiger partial charge in [-0.2, -0.15) is 0 Å². The normalized spacial score (nSPS) is 15.2. The molecule has 3 aromatic rings. The number of rotatable bonds is 3. The molecule has 1 saturated heterocycles. The number of carbonyl (C=O) groups excluding carboxylic acids is 2. The van der Waals surface area contributed by atoms with Gasteiger partial charge in [0.2, 0.25) is 0 Å². The maximum absolute atomic E-state index is 11.9. The van der Waals surface area contributed by atoms with E-state index in [2.05, 4.69) is 27.3 Å². The van der Waals surface area contributed by atoms with E-state index in [1.54, 1.807) is 6.08 Å². The third-order valence-electron chi connectivity index (χ3n) is 4.39. The highest BCUT2D eigenvalue weighted by molar-refractivity contribution is 6.14. The molecular weight excluding hydrogens is 326 g/mol. The second-order valence-electron chi connectivity index (χ2n) is 6.07. The van der Waals surface area contributed by atoms with Gasteiger partial charge in [0, 0.05) is 11.4 Å². The molecule has 0 saturated carbocycles. The van der Waals surface area contributed by atoms with Crippen molar-refractivity contribution in [2.75, 3.05) is 0 Å². The summed E-state index contributed by atoms with van der Waals surface area (Å²) in [7, 11) is 0. The lowest BCUT2D eigenvalue weighted by Crippen LogP contribution is -2.22. The van der Waals surface area contributed by atoms with Gasteiger partial charge in [0.15, 0.2) is 0 Å². The number of para-hydroxylation sites is 1. The van der Waals surface area contributed by atoms with Crippen LogP contribution in [0.1, 0.15) is 11.3 Å². The first kappa shape index (κ1) is 15.9. The van der Waals surface area contributed by atoms with Gasteiger partial charge < -0.3 is 9.88 Å². The van der Waals surface area contributed by atoms with Gasteiger partial charge in [0.1, 0.15) is 5.70 Å². The summed E-state index contributed by atoms with van der Waals surface area (Å²) in [5.41, 5.74) is 5.24. The SMILES string of the molecule is Cc1c(/C=C2\NC(=O)NC2=O)cc(-c2ccccc2)n1-c1ccccc1. The number of nitrogens with zero attached hydrogens (tertiary/aromatic N) is 1. The van der Waals surface area contributed by atoms with Crippen molar-refractivity contribution < 1.29 is 9.59 Å². The van der Waals surface area contributed by atoms with E-state index in [-0.39, 0.29) is 5.70 Å².